The fraction of sp³-hybridized carbons (Fsp3) is 0.571. The smallest absolute Gasteiger partial charge is 0.0861 e. The number of benzene rings is 1. The van der Waals surface area contributed by atoms with Crippen molar-refractivity contribution in [2.75, 3.05) is 12.4 Å². The number of fused-ring (bicyclic) bond motifs is 1. The summed E-state index contributed by atoms with van der Waals surface area (Å²) in [7, 11) is 0. The highest BCUT2D eigenvalue weighted by atomic mass is 32.2. The lowest BCUT2D eigenvalue weighted by atomic mass is 10.00. The lowest BCUT2D eigenvalue weighted by Gasteiger charge is -2.23. The van der Waals surface area contributed by atoms with Crippen molar-refractivity contribution in [1.82, 2.24) is 0 Å². The minimum atomic E-state index is -0.638. The lowest BCUT2D eigenvalue weighted by molar-refractivity contribution is 0.113. The van der Waals surface area contributed by atoms with Crippen molar-refractivity contribution in [3.63, 3.8) is 0 Å². The topological polar surface area (TPSA) is 66.5 Å². The van der Waals surface area contributed by atoms with Crippen LogP contribution in [0, 0.1) is 0 Å². The zero-order chi connectivity index (χ0) is 13.0. The van der Waals surface area contributed by atoms with Crippen molar-refractivity contribution in [2.24, 2.45) is 5.73 Å². The van der Waals surface area contributed by atoms with Crippen LogP contribution in [-0.4, -0.2) is 33.9 Å². The van der Waals surface area contributed by atoms with E-state index in [1.165, 1.54) is 11.1 Å². The Morgan fingerprint density at radius 3 is 2.94 bits per heavy atom. The van der Waals surface area contributed by atoms with Gasteiger partial charge in [-0.15, -0.1) is 0 Å². The summed E-state index contributed by atoms with van der Waals surface area (Å²) in [6, 6.07) is 8.40. The van der Waals surface area contributed by atoms with Crippen molar-refractivity contribution in [2.45, 2.75) is 36.7 Å². The van der Waals surface area contributed by atoms with Crippen LogP contribution in [0.25, 0.3) is 0 Å². The van der Waals surface area contributed by atoms with E-state index in [-0.39, 0.29) is 12.6 Å². The molecule has 3 nitrogen and oxygen atoms in total. The van der Waals surface area contributed by atoms with E-state index >= 15 is 0 Å². The fourth-order valence-electron chi connectivity index (χ4n) is 2.43. The Labute approximate surface area is 112 Å². The summed E-state index contributed by atoms with van der Waals surface area (Å²) in [6.45, 7) is -0.175. The van der Waals surface area contributed by atoms with E-state index in [0.717, 1.165) is 19.3 Å². The van der Waals surface area contributed by atoms with E-state index in [9.17, 15) is 5.11 Å². The van der Waals surface area contributed by atoms with E-state index in [0.29, 0.717) is 11.0 Å². The van der Waals surface area contributed by atoms with Crippen molar-refractivity contribution in [1.29, 1.82) is 0 Å². The molecule has 0 aliphatic heterocycles. The summed E-state index contributed by atoms with van der Waals surface area (Å²) >= 11 is 1.68. The minimum Gasteiger partial charge on any atom is -0.394 e. The van der Waals surface area contributed by atoms with Gasteiger partial charge in [0.1, 0.15) is 0 Å². The zero-order valence-electron chi connectivity index (χ0n) is 10.5. The molecule has 0 radical (unpaired) electrons. The van der Waals surface area contributed by atoms with Gasteiger partial charge in [-0.25, -0.2) is 0 Å². The van der Waals surface area contributed by atoms with Crippen molar-refractivity contribution >= 4 is 11.8 Å². The van der Waals surface area contributed by atoms with Crippen LogP contribution in [-0.2, 0) is 6.42 Å². The third kappa shape index (κ3) is 3.26. The molecule has 0 saturated heterocycles. The number of aliphatic hydroxyl groups is 2. The van der Waals surface area contributed by atoms with Crippen LogP contribution in [0.5, 0.6) is 0 Å². The standard InChI is InChI=1S/C14H21NO2S/c15-14-12-6-2-1-4-10(12)5-3-7-13(14)18-9-11(17)8-16/h1-2,4,6,11,13-14,16-17H,3,5,7-9,15H2. The lowest BCUT2D eigenvalue weighted by Crippen LogP contribution is -2.26. The van der Waals surface area contributed by atoms with Gasteiger partial charge in [0.25, 0.3) is 0 Å². The van der Waals surface area contributed by atoms with Crippen LogP contribution in [0.4, 0.5) is 0 Å². The second-order valence-corrected chi connectivity index (χ2v) is 6.10. The van der Waals surface area contributed by atoms with Crippen LogP contribution in [0.3, 0.4) is 0 Å². The van der Waals surface area contributed by atoms with Crippen LogP contribution in [0.2, 0.25) is 0 Å². The molecule has 0 amide bonds. The van der Waals surface area contributed by atoms with Gasteiger partial charge in [0.05, 0.1) is 12.7 Å². The molecule has 18 heavy (non-hydrogen) atoms. The van der Waals surface area contributed by atoms with Crippen molar-refractivity contribution in [3.8, 4) is 0 Å². The maximum Gasteiger partial charge on any atom is 0.0861 e. The van der Waals surface area contributed by atoms with Crippen LogP contribution in [0.1, 0.15) is 30.0 Å². The van der Waals surface area contributed by atoms with Crippen LogP contribution < -0.4 is 5.73 Å². The second kappa shape index (κ2) is 6.57. The highest BCUT2D eigenvalue weighted by Gasteiger charge is 2.25. The molecule has 0 aromatic heterocycles. The van der Waals surface area contributed by atoms with Crippen molar-refractivity contribution < 1.29 is 10.2 Å². The van der Waals surface area contributed by atoms with Gasteiger partial charge in [-0.05, 0) is 30.4 Å². The fourth-order valence-corrected chi connectivity index (χ4v) is 3.70. The summed E-state index contributed by atoms with van der Waals surface area (Å²) in [5.74, 6) is 0.553. The van der Waals surface area contributed by atoms with E-state index < -0.39 is 6.10 Å². The van der Waals surface area contributed by atoms with Gasteiger partial charge in [-0.1, -0.05) is 24.3 Å². The molecule has 2 rings (SSSR count). The van der Waals surface area contributed by atoms with Gasteiger partial charge in [0, 0.05) is 17.0 Å². The summed E-state index contributed by atoms with van der Waals surface area (Å²) in [5, 5.41) is 18.6. The normalized spacial score (nSPS) is 25.3. The Balaban J connectivity index is 2.05. The molecule has 100 valence electrons. The van der Waals surface area contributed by atoms with Gasteiger partial charge in [-0.3, -0.25) is 0 Å². The van der Waals surface area contributed by atoms with Gasteiger partial charge < -0.3 is 15.9 Å². The molecule has 0 spiro atoms. The SMILES string of the molecule is NC1c2ccccc2CCCC1SCC(O)CO. The number of aliphatic hydroxyl groups excluding tert-OH is 2. The molecule has 0 heterocycles. The van der Waals surface area contributed by atoms with Gasteiger partial charge in [-0.2, -0.15) is 11.8 Å². The summed E-state index contributed by atoms with van der Waals surface area (Å²) in [4.78, 5) is 0. The highest BCUT2D eigenvalue weighted by Crippen LogP contribution is 2.34. The van der Waals surface area contributed by atoms with E-state index in [1.807, 2.05) is 6.07 Å². The molecule has 0 saturated carbocycles. The van der Waals surface area contributed by atoms with Crippen LogP contribution in [0.15, 0.2) is 24.3 Å². The molecule has 1 aromatic carbocycles. The average Bonchev–Trinajstić information content (AvgIpc) is 2.56. The highest BCUT2D eigenvalue weighted by molar-refractivity contribution is 8.00. The Kier molecular flexibility index (Phi) is 5.06. The Morgan fingerprint density at radius 1 is 1.39 bits per heavy atom. The minimum absolute atomic E-state index is 0.0274. The van der Waals surface area contributed by atoms with Crippen molar-refractivity contribution in [3.05, 3.63) is 35.4 Å². The first-order valence-corrected chi connectivity index (χ1v) is 7.51. The summed E-state index contributed by atoms with van der Waals surface area (Å²) in [6.07, 6.45) is 2.65. The van der Waals surface area contributed by atoms with E-state index in [4.69, 9.17) is 10.8 Å². The predicted octanol–water partition coefficient (Wildman–Crippen LogP) is 1.48. The molecule has 1 aromatic rings. The molecule has 4 N–H and O–H groups in total. The first kappa shape index (κ1) is 13.9. The molecule has 3 atom stereocenters. The molecule has 4 heteroatoms. The first-order chi connectivity index (χ1) is 8.72. The molecule has 3 unspecified atom stereocenters. The zero-order valence-corrected chi connectivity index (χ0v) is 11.3. The van der Waals surface area contributed by atoms with Gasteiger partial charge >= 0.3 is 0 Å². The monoisotopic (exact) mass is 267 g/mol. The number of nitrogens with two attached hydrogens (primary N) is 1. The Morgan fingerprint density at radius 2 is 2.17 bits per heavy atom. The number of hydrogen-bond donors (Lipinski definition) is 3. The number of aryl methyl sites for hydroxylation is 1. The quantitative estimate of drug-likeness (QED) is 0.723. The average molecular weight is 267 g/mol. The molecule has 1 aliphatic rings. The summed E-state index contributed by atoms with van der Waals surface area (Å²) < 4.78 is 0. The molecule has 0 fully saturated rings. The van der Waals surface area contributed by atoms with Gasteiger partial charge in [0.15, 0.2) is 0 Å². The molecular weight excluding hydrogens is 246 g/mol. The maximum absolute atomic E-state index is 9.43. The second-order valence-electron chi connectivity index (χ2n) is 4.83. The molecular formula is C14H21NO2S. The number of rotatable bonds is 4. The maximum atomic E-state index is 9.43. The molecule has 0 bridgehead atoms. The van der Waals surface area contributed by atoms with E-state index in [1.54, 1.807) is 11.8 Å². The Hall–Kier alpha value is -0.550. The summed E-state index contributed by atoms with van der Waals surface area (Å²) in [5.41, 5.74) is 8.95. The van der Waals surface area contributed by atoms with E-state index in [2.05, 4.69) is 18.2 Å². The van der Waals surface area contributed by atoms with Gasteiger partial charge in [0.2, 0.25) is 0 Å². The number of hydrogen-bond acceptors (Lipinski definition) is 4. The predicted molar refractivity (Wildman–Crippen MR) is 75.6 cm³/mol. The van der Waals surface area contributed by atoms with Crippen LogP contribution >= 0.6 is 11.8 Å². The third-order valence-corrected chi connectivity index (χ3v) is 5.00. The largest absolute Gasteiger partial charge is 0.394 e. The Bertz CT molecular complexity index is 386. The number of thioether (sulfide) groups is 1. The molecule has 1 aliphatic carbocycles. The first-order valence-electron chi connectivity index (χ1n) is 6.46. The third-order valence-electron chi connectivity index (χ3n) is 3.46.